The number of nitrogens with zero attached hydrogens (tertiary/aromatic N) is 4. The number of hydrogen-bond acceptors (Lipinski definition) is 4. The summed E-state index contributed by atoms with van der Waals surface area (Å²) < 4.78 is 44.0. The first-order chi connectivity index (χ1) is 13.4. The van der Waals surface area contributed by atoms with E-state index in [1.807, 2.05) is 41.3 Å². The summed E-state index contributed by atoms with van der Waals surface area (Å²) in [7, 11) is 1.66. The van der Waals surface area contributed by atoms with Crippen LogP contribution in [0, 0.1) is 0 Å². The van der Waals surface area contributed by atoms with Crippen molar-refractivity contribution in [3.63, 3.8) is 0 Å². The van der Waals surface area contributed by atoms with E-state index in [4.69, 9.17) is 4.52 Å². The lowest BCUT2D eigenvalue weighted by Gasteiger charge is -2.39. The summed E-state index contributed by atoms with van der Waals surface area (Å²) in [6, 6.07) is 10.1. The molecule has 1 fully saturated rings. The largest absolute Gasteiger partial charge is 0.403 e. The van der Waals surface area contributed by atoms with Gasteiger partial charge in [-0.3, -0.25) is 9.89 Å². The predicted octanol–water partition coefficient (Wildman–Crippen LogP) is 3.60. The summed E-state index contributed by atoms with van der Waals surface area (Å²) in [5, 5.41) is 7.27. The average molecular weight is 523 g/mol. The van der Waals surface area contributed by atoms with E-state index in [0.29, 0.717) is 44.4 Å². The molecule has 1 saturated heterocycles. The number of rotatable bonds is 4. The highest BCUT2D eigenvalue weighted by Gasteiger charge is 2.41. The van der Waals surface area contributed by atoms with Crippen LogP contribution < -0.4 is 5.32 Å². The highest BCUT2D eigenvalue weighted by Crippen LogP contribution is 2.25. The van der Waals surface area contributed by atoms with Crippen molar-refractivity contribution in [3.05, 3.63) is 42.2 Å². The topological polar surface area (TPSA) is 56.9 Å². The zero-order valence-electron chi connectivity index (χ0n) is 16.3. The second kappa shape index (κ2) is 10.3. The first kappa shape index (κ1) is 23.5. The van der Waals surface area contributed by atoms with Gasteiger partial charge in [0.1, 0.15) is 11.7 Å². The third-order valence-electron chi connectivity index (χ3n) is 4.90. The van der Waals surface area contributed by atoms with Crippen LogP contribution in [0.5, 0.6) is 0 Å². The quantitative estimate of drug-likeness (QED) is 0.377. The van der Waals surface area contributed by atoms with Crippen molar-refractivity contribution in [1.82, 2.24) is 20.3 Å². The van der Waals surface area contributed by atoms with Crippen molar-refractivity contribution in [2.45, 2.75) is 25.7 Å². The molecule has 1 aliphatic rings. The number of guanidine groups is 1. The molecule has 10 heteroatoms. The zero-order chi connectivity index (χ0) is 20.1. The van der Waals surface area contributed by atoms with Crippen LogP contribution in [0.15, 0.2) is 45.9 Å². The van der Waals surface area contributed by atoms with Crippen molar-refractivity contribution < 1.29 is 17.7 Å². The Morgan fingerprint density at radius 2 is 1.86 bits per heavy atom. The summed E-state index contributed by atoms with van der Waals surface area (Å²) in [5.74, 6) is 1.29. The van der Waals surface area contributed by atoms with E-state index in [1.54, 1.807) is 7.05 Å². The molecule has 2 aromatic rings. The highest BCUT2D eigenvalue weighted by molar-refractivity contribution is 14.0. The average Bonchev–Trinajstić information content (AvgIpc) is 3.17. The number of nitrogens with one attached hydrogen (secondary N) is 1. The molecule has 1 N–H and O–H groups in total. The number of benzene rings is 1. The molecule has 29 heavy (non-hydrogen) atoms. The third kappa shape index (κ3) is 6.08. The van der Waals surface area contributed by atoms with Crippen molar-refractivity contribution >= 4 is 29.9 Å². The summed E-state index contributed by atoms with van der Waals surface area (Å²) in [5.41, 5.74) is 1.72. The monoisotopic (exact) mass is 523 g/mol. The molecule has 1 unspecified atom stereocenters. The van der Waals surface area contributed by atoms with Gasteiger partial charge in [0, 0.05) is 44.9 Å². The van der Waals surface area contributed by atoms with E-state index in [1.165, 1.54) is 11.8 Å². The molecular formula is C19H25F3IN5O. The van der Waals surface area contributed by atoms with Crippen LogP contribution in [0.4, 0.5) is 13.2 Å². The molecule has 1 aromatic heterocycles. The Morgan fingerprint density at radius 1 is 1.21 bits per heavy atom. The molecular weight excluding hydrogens is 498 g/mol. The maximum absolute atomic E-state index is 12.9. The van der Waals surface area contributed by atoms with Gasteiger partial charge >= 0.3 is 6.18 Å². The number of aromatic nitrogens is 1. The van der Waals surface area contributed by atoms with Crippen LogP contribution in [0.1, 0.15) is 12.7 Å². The number of piperazine rings is 1. The maximum Gasteiger partial charge on any atom is 0.403 e. The molecule has 0 saturated carbocycles. The maximum atomic E-state index is 12.9. The molecule has 160 valence electrons. The lowest BCUT2D eigenvalue weighted by molar-refractivity contribution is -0.181. The highest BCUT2D eigenvalue weighted by atomic mass is 127. The molecule has 3 rings (SSSR count). The number of aliphatic imine (C=N–C) groups is 1. The fourth-order valence-corrected chi connectivity index (χ4v) is 3.17. The van der Waals surface area contributed by atoms with Crippen LogP contribution in [-0.4, -0.2) is 66.4 Å². The van der Waals surface area contributed by atoms with Crippen molar-refractivity contribution in [2.24, 2.45) is 4.99 Å². The SMILES string of the molecule is CN=C(NCc1cc(-c2ccccc2)no1)N1CCN(C(C)C(F)(F)F)CC1.I. The zero-order valence-corrected chi connectivity index (χ0v) is 18.6. The molecule has 0 aliphatic carbocycles. The Hall–Kier alpha value is -1.82. The molecule has 0 bridgehead atoms. The van der Waals surface area contributed by atoms with Crippen LogP contribution in [0.2, 0.25) is 0 Å². The van der Waals surface area contributed by atoms with Gasteiger partial charge in [0.2, 0.25) is 0 Å². The smallest absolute Gasteiger partial charge is 0.359 e. The van der Waals surface area contributed by atoms with Gasteiger partial charge in [-0.1, -0.05) is 35.5 Å². The van der Waals surface area contributed by atoms with Crippen LogP contribution >= 0.6 is 24.0 Å². The van der Waals surface area contributed by atoms with E-state index in [-0.39, 0.29) is 24.0 Å². The van der Waals surface area contributed by atoms with E-state index in [2.05, 4.69) is 15.5 Å². The summed E-state index contributed by atoms with van der Waals surface area (Å²) >= 11 is 0. The fraction of sp³-hybridized carbons (Fsp3) is 0.474. The Kier molecular flexibility index (Phi) is 8.32. The van der Waals surface area contributed by atoms with Gasteiger partial charge < -0.3 is 14.7 Å². The third-order valence-corrected chi connectivity index (χ3v) is 4.90. The van der Waals surface area contributed by atoms with Crippen LogP contribution in [-0.2, 0) is 6.54 Å². The van der Waals surface area contributed by atoms with Gasteiger partial charge in [0.05, 0.1) is 6.54 Å². The normalized spacial score (nSPS) is 17.0. The van der Waals surface area contributed by atoms with Gasteiger partial charge in [-0.05, 0) is 6.92 Å². The first-order valence-corrected chi connectivity index (χ1v) is 9.16. The van der Waals surface area contributed by atoms with Crippen LogP contribution in [0.25, 0.3) is 11.3 Å². The van der Waals surface area contributed by atoms with E-state index >= 15 is 0 Å². The predicted molar refractivity (Wildman–Crippen MR) is 116 cm³/mol. The Bertz CT molecular complexity index is 789. The lowest BCUT2D eigenvalue weighted by Crippen LogP contribution is -2.56. The molecule has 6 nitrogen and oxygen atoms in total. The second-order valence-corrected chi connectivity index (χ2v) is 6.69. The van der Waals surface area contributed by atoms with Crippen molar-refractivity contribution in [2.75, 3.05) is 33.2 Å². The molecule has 2 heterocycles. The van der Waals surface area contributed by atoms with Gasteiger partial charge in [0.25, 0.3) is 0 Å². The number of hydrogen-bond donors (Lipinski definition) is 1. The minimum absolute atomic E-state index is 0. The fourth-order valence-electron chi connectivity index (χ4n) is 3.17. The molecule has 0 radical (unpaired) electrons. The number of alkyl halides is 3. The minimum atomic E-state index is -4.20. The van der Waals surface area contributed by atoms with Crippen molar-refractivity contribution in [3.8, 4) is 11.3 Å². The summed E-state index contributed by atoms with van der Waals surface area (Å²) in [6.07, 6.45) is -4.20. The van der Waals surface area contributed by atoms with Gasteiger partial charge in [-0.15, -0.1) is 24.0 Å². The Balaban J connectivity index is 0.00000300. The molecule has 1 aromatic carbocycles. The number of halogens is 4. The lowest BCUT2D eigenvalue weighted by atomic mass is 10.1. The summed E-state index contributed by atoms with van der Waals surface area (Å²) in [4.78, 5) is 7.64. The Labute approximate surface area is 185 Å². The Morgan fingerprint density at radius 3 is 2.45 bits per heavy atom. The second-order valence-electron chi connectivity index (χ2n) is 6.69. The van der Waals surface area contributed by atoms with Gasteiger partial charge in [-0.2, -0.15) is 13.2 Å². The first-order valence-electron chi connectivity index (χ1n) is 9.16. The van der Waals surface area contributed by atoms with E-state index in [9.17, 15) is 13.2 Å². The minimum Gasteiger partial charge on any atom is -0.359 e. The molecule has 0 spiro atoms. The molecule has 1 aliphatic heterocycles. The van der Waals surface area contributed by atoms with E-state index in [0.717, 1.165) is 11.3 Å². The van der Waals surface area contributed by atoms with Gasteiger partial charge in [-0.25, -0.2) is 0 Å². The van der Waals surface area contributed by atoms with Crippen molar-refractivity contribution in [1.29, 1.82) is 0 Å². The molecule has 1 atom stereocenters. The summed E-state index contributed by atoms with van der Waals surface area (Å²) in [6.45, 7) is 3.23. The van der Waals surface area contributed by atoms with Gasteiger partial charge in [0.15, 0.2) is 11.7 Å². The van der Waals surface area contributed by atoms with E-state index < -0.39 is 12.2 Å². The standard InChI is InChI=1S/C19H24F3N5O.HI/c1-14(19(20,21)22)26-8-10-27(11-9-26)18(23-2)24-13-16-12-17(25-28-16)15-6-4-3-5-7-15;/h3-7,12,14H,8-11,13H2,1-2H3,(H,23,24);1H. The molecule has 0 amide bonds. The van der Waals surface area contributed by atoms with Crippen LogP contribution in [0.3, 0.4) is 0 Å².